The molecule has 116 valence electrons. The minimum atomic E-state index is -3.46. The summed E-state index contributed by atoms with van der Waals surface area (Å²) in [5.41, 5.74) is 2.06. The zero-order valence-electron chi connectivity index (χ0n) is 12.5. The van der Waals surface area contributed by atoms with Crippen molar-refractivity contribution in [3.8, 4) is 0 Å². The molecule has 0 aromatic heterocycles. The summed E-state index contributed by atoms with van der Waals surface area (Å²) in [5.74, 6) is 0.331. The molecule has 2 aliphatic rings. The fraction of sp³-hybridized carbons (Fsp3) is 0.600. The third-order valence-corrected chi connectivity index (χ3v) is 5.93. The average molecular weight is 310 g/mol. The molecule has 21 heavy (non-hydrogen) atoms. The summed E-state index contributed by atoms with van der Waals surface area (Å²) in [6.45, 7) is 7.96. The number of hydrogen-bond donors (Lipinski definition) is 1. The fourth-order valence-electron chi connectivity index (χ4n) is 3.06. The third kappa shape index (κ3) is 2.99. The minimum absolute atomic E-state index is 0.0144. The molecule has 1 fully saturated rings. The highest BCUT2D eigenvalue weighted by Gasteiger charge is 2.32. The molecule has 5 nitrogen and oxygen atoms in total. The second kappa shape index (κ2) is 5.68. The van der Waals surface area contributed by atoms with Crippen molar-refractivity contribution in [1.29, 1.82) is 0 Å². The molecule has 0 spiro atoms. The largest absolute Gasteiger partial charge is 0.372 e. The highest BCUT2D eigenvalue weighted by atomic mass is 32.2. The van der Waals surface area contributed by atoms with Crippen LogP contribution in [-0.4, -0.2) is 39.0 Å². The predicted octanol–water partition coefficient (Wildman–Crippen LogP) is 1.34. The maximum atomic E-state index is 12.6. The van der Waals surface area contributed by atoms with Gasteiger partial charge in [0.05, 0.1) is 18.1 Å². The molecule has 2 heterocycles. The Morgan fingerprint density at radius 1 is 1.29 bits per heavy atom. The van der Waals surface area contributed by atoms with Gasteiger partial charge in [-0.2, -0.15) is 0 Å². The first-order valence-electron chi connectivity index (χ1n) is 7.44. The molecule has 1 saturated heterocycles. The summed E-state index contributed by atoms with van der Waals surface area (Å²) in [5, 5.41) is 0. The summed E-state index contributed by atoms with van der Waals surface area (Å²) in [4.78, 5) is 2.61. The summed E-state index contributed by atoms with van der Waals surface area (Å²) in [7, 11) is -3.46. The van der Waals surface area contributed by atoms with Crippen LogP contribution in [0.2, 0.25) is 0 Å². The number of nitrogens with one attached hydrogen (secondary N) is 1. The topological polar surface area (TPSA) is 58.6 Å². The van der Waals surface area contributed by atoms with Crippen LogP contribution in [0.15, 0.2) is 23.1 Å². The summed E-state index contributed by atoms with van der Waals surface area (Å²) in [6.07, 6.45) is 0. The molecule has 1 aromatic carbocycles. The first-order valence-corrected chi connectivity index (χ1v) is 8.92. The molecule has 0 saturated carbocycles. The van der Waals surface area contributed by atoms with Crippen molar-refractivity contribution >= 4 is 10.0 Å². The predicted molar refractivity (Wildman–Crippen MR) is 80.3 cm³/mol. The van der Waals surface area contributed by atoms with E-state index in [0.717, 1.165) is 30.8 Å². The Kier molecular flexibility index (Phi) is 4.05. The lowest BCUT2D eigenvalue weighted by molar-refractivity contribution is 0.134. The first-order chi connectivity index (χ1) is 9.99. The summed E-state index contributed by atoms with van der Waals surface area (Å²) in [6, 6.07) is 5.25. The van der Waals surface area contributed by atoms with E-state index in [0.29, 0.717) is 24.0 Å². The number of likely N-dealkylation sites (tertiary alicyclic amines) is 1. The zero-order chi connectivity index (χ0) is 15.0. The van der Waals surface area contributed by atoms with Crippen molar-refractivity contribution in [1.82, 2.24) is 9.62 Å². The number of fused-ring (bicyclic) bond motifs is 1. The number of rotatable bonds is 4. The molecule has 6 heteroatoms. The highest BCUT2D eigenvalue weighted by Crippen LogP contribution is 2.24. The van der Waals surface area contributed by atoms with Gasteiger partial charge >= 0.3 is 0 Å². The van der Waals surface area contributed by atoms with Gasteiger partial charge in [-0.15, -0.1) is 0 Å². The Labute approximate surface area is 126 Å². The van der Waals surface area contributed by atoms with Gasteiger partial charge in [0.1, 0.15) is 0 Å². The number of ether oxygens (including phenoxy) is 1. The van der Waals surface area contributed by atoms with Gasteiger partial charge in [0.15, 0.2) is 0 Å². The van der Waals surface area contributed by atoms with Gasteiger partial charge < -0.3 is 9.64 Å². The van der Waals surface area contributed by atoms with Crippen LogP contribution in [-0.2, 0) is 28.0 Å². The lowest BCUT2D eigenvalue weighted by Gasteiger charge is -2.17. The van der Waals surface area contributed by atoms with Gasteiger partial charge in [0.25, 0.3) is 0 Å². The molecule has 0 radical (unpaired) electrons. The SMILES string of the molecule is CCN1C[C@@H](C)[C@@H](NS(=O)(=O)c2ccc3c(c2)COC3)C1. The molecule has 0 bridgehead atoms. The fourth-order valence-corrected chi connectivity index (χ4v) is 4.45. The highest BCUT2D eigenvalue weighted by molar-refractivity contribution is 7.89. The quantitative estimate of drug-likeness (QED) is 0.911. The van der Waals surface area contributed by atoms with E-state index < -0.39 is 10.0 Å². The van der Waals surface area contributed by atoms with Crippen LogP contribution < -0.4 is 4.72 Å². The molecule has 1 N–H and O–H groups in total. The Balaban J connectivity index is 1.78. The first kappa shape index (κ1) is 15.0. The van der Waals surface area contributed by atoms with E-state index in [1.807, 2.05) is 6.07 Å². The maximum Gasteiger partial charge on any atom is 0.240 e. The lowest BCUT2D eigenvalue weighted by Crippen LogP contribution is -2.39. The number of hydrogen-bond acceptors (Lipinski definition) is 4. The number of benzene rings is 1. The molecule has 0 unspecified atom stereocenters. The molecule has 0 amide bonds. The molecule has 0 aliphatic carbocycles. The van der Waals surface area contributed by atoms with E-state index >= 15 is 0 Å². The van der Waals surface area contributed by atoms with E-state index in [2.05, 4.69) is 23.5 Å². The van der Waals surface area contributed by atoms with E-state index in [4.69, 9.17) is 4.74 Å². The smallest absolute Gasteiger partial charge is 0.240 e. The maximum absolute atomic E-state index is 12.6. The van der Waals surface area contributed by atoms with Crippen LogP contribution in [0.1, 0.15) is 25.0 Å². The Hall–Kier alpha value is -0.950. The Morgan fingerprint density at radius 3 is 2.76 bits per heavy atom. The minimum Gasteiger partial charge on any atom is -0.372 e. The zero-order valence-corrected chi connectivity index (χ0v) is 13.3. The van der Waals surface area contributed by atoms with E-state index in [1.54, 1.807) is 12.1 Å². The molecular formula is C15H22N2O3S. The van der Waals surface area contributed by atoms with Gasteiger partial charge in [0, 0.05) is 19.1 Å². The second-order valence-electron chi connectivity index (χ2n) is 5.98. The number of sulfonamides is 1. The number of likely N-dealkylation sites (N-methyl/N-ethyl adjacent to an activating group) is 1. The van der Waals surface area contributed by atoms with Gasteiger partial charge in [-0.3, -0.25) is 0 Å². The van der Waals surface area contributed by atoms with Gasteiger partial charge in [-0.1, -0.05) is 19.9 Å². The van der Waals surface area contributed by atoms with E-state index in [-0.39, 0.29) is 6.04 Å². The van der Waals surface area contributed by atoms with Gasteiger partial charge in [0.2, 0.25) is 10.0 Å². The summed E-state index contributed by atoms with van der Waals surface area (Å²) >= 11 is 0. The van der Waals surface area contributed by atoms with Crippen molar-refractivity contribution in [2.75, 3.05) is 19.6 Å². The van der Waals surface area contributed by atoms with Crippen LogP contribution in [0, 0.1) is 5.92 Å². The average Bonchev–Trinajstić information content (AvgIpc) is 3.04. The van der Waals surface area contributed by atoms with Crippen molar-refractivity contribution in [2.24, 2.45) is 5.92 Å². The standard InChI is InChI=1S/C15H22N2O3S/c1-3-17-7-11(2)15(8-17)16-21(18,19)14-5-4-12-9-20-10-13(12)6-14/h4-6,11,15-16H,3,7-10H2,1-2H3/t11-,15+/m1/s1. The van der Waals surface area contributed by atoms with Gasteiger partial charge in [-0.25, -0.2) is 13.1 Å². The van der Waals surface area contributed by atoms with Crippen LogP contribution in [0.4, 0.5) is 0 Å². The third-order valence-electron chi connectivity index (χ3n) is 4.44. The van der Waals surface area contributed by atoms with E-state index in [9.17, 15) is 8.42 Å². The van der Waals surface area contributed by atoms with Crippen molar-refractivity contribution in [2.45, 2.75) is 38.0 Å². The Morgan fingerprint density at radius 2 is 2.05 bits per heavy atom. The Bertz CT molecular complexity index is 630. The van der Waals surface area contributed by atoms with Crippen LogP contribution in [0.25, 0.3) is 0 Å². The van der Waals surface area contributed by atoms with Gasteiger partial charge in [-0.05, 0) is 35.7 Å². The van der Waals surface area contributed by atoms with Crippen molar-refractivity contribution in [3.05, 3.63) is 29.3 Å². The van der Waals surface area contributed by atoms with Crippen molar-refractivity contribution in [3.63, 3.8) is 0 Å². The number of nitrogens with zero attached hydrogens (tertiary/aromatic N) is 1. The van der Waals surface area contributed by atoms with Crippen LogP contribution in [0.5, 0.6) is 0 Å². The molecule has 1 aromatic rings. The summed E-state index contributed by atoms with van der Waals surface area (Å²) < 4.78 is 33.3. The molecular weight excluding hydrogens is 288 g/mol. The lowest BCUT2D eigenvalue weighted by atomic mass is 10.1. The molecule has 2 aliphatic heterocycles. The normalized spacial score (nSPS) is 26.2. The van der Waals surface area contributed by atoms with Crippen molar-refractivity contribution < 1.29 is 13.2 Å². The van der Waals surface area contributed by atoms with Crippen LogP contribution >= 0.6 is 0 Å². The second-order valence-corrected chi connectivity index (χ2v) is 7.69. The van der Waals surface area contributed by atoms with Crippen LogP contribution in [0.3, 0.4) is 0 Å². The molecule has 3 rings (SSSR count). The van der Waals surface area contributed by atoms with E-state index in [1.165, 1.54) is 0 Å². The monoisotopic (exact) mass is 310 g/mol. The molecule has 2 atom stereocenters.